The minimum absolute atomic E-state index is 0.282. The smallest absolute Gasteiger partial charge is 0.237 e. The number of thiazole rings is 1. The Bertz CT molecular complexity index is 808. The third kappa shape index (κ3) is 2.89. The van der Waals surface area contributed by atoms with Crippen LogP contribution in [0.1, 0.15) is 16.6 Å². The number of likely N-dealkylation sites (N-methyl/N-ethyl adjacent to an activating group) is 1. The number of likely N-dealkylation sites (tertiary alicyclic amines) is 1. The molecule has 2 heterocycles. The highest BCUT2D eigenvalue weighted by atomic mass is 32.1. The second-order valence-corrected chi connectivity index (χ2v) is 6.75. The number of aromatic nitrogens is 1. The van der Waals surface area contributed by atoms with Crippen molar-refractivity contribution in [3.05, 3.63) is 45.9 Å². The molecule has 0 spiro atoms. The number of hydrogen-bond acceptors (Lipinski definition) is 4. The molecule has 1 aliphatic heterocycles. The van der Waals surface area contributed by atoms with Crippen molar-refractivity contribution in [2.75, 3.05) is 18.9 Å². The van der Waals surface area contributed by atoms with Gasteiger partial charge in [-0.1, -0.05) is 6.07 Å². The number of benzene rings is 1. The molecule has 3 rings (SSSR count). The lowest BCUT2D eigenvalue weighted by Gasteiger charge is -2.15. The predicted octanol–water partition coefficient (Wildman–Crippen LogP) is 2.54. The van der Waals surface area contributed by atoms with Crippen LogP contribution in [0.5, 0.6) is 0 Å². The van der Waals surface area contributed by atoms with Crippen molar-refractivity contribution < 1.29 is 18.4 Å². The van der Waals surface area contributed by atoms with Gasteiger partial charge >= 0.3 is 0 Å². The standard InChI is InChI=1S/C16H15F2N3O2S/c1-8-19-12(7-24-8)9-6-21(2)16(23)13(9)15(22)20-11-5-3-4-10(17)14(11)18/h3-5,7,9,13H,6H2,1-2H3,(H,20,22)/t9-,13+/m1/s1. The van der Waals surface area contributed by atoms with E-state index in [-0.39, 0.29) is 11.6 Å². The van der Waals surface area contributed by atoms with Gasteiger partial charge in [-0.2, -0.15) is 0 Å². The van der Waals surface area contributed by atoms with Gasteiger partial charge in [0.05, 0.1) is 16.4 Å². The molecule has 0 bridgehead atoms. The summed E-state index contributed by atoms with van der Waals surface area (Å²) in [4.78, 5) is 30.7. The number of amides is 2. The Kier molecular flexibility index (Phi) is 4.31. The number of nitrogens with one attached hydrogen (secondary N) is 1. The molecule has 1 aromatic carbocycles. The summed E-state index contributed by atoms with van der Waals surface area (Å²) < 4.78 is 27.0. The molecule has 2 amide bonds. The summed E-state index contributed by atoms with van der Waals surface area (Å²) in [6.45, 7) is 2.19. The SMILES string of the molecule is Cc1nc([C@H]2CN(C)C(=O)[C@@H]2C(=O)Nc2cccc(F)c2F)cs1. The molecule has 0 unspecified atom stereocenters. The van der Waals surface area contributed by atoms with E-state index in [2.05, 4.69) is 10.3 Å². The molecule has 1 saturated heterocycles. The van der Waals surface area contributed by atoms with Gasteiger partial charge in [0.25, 0.3) is 0 Å². The topological polar surface area (TPSA) is 62.3 Å². The Labute approximate surface area is 141 Å². The highest BCUT2D eigenvalue weighted by Crippen LogP contribution is 2.34. The molecule has 2 atom stereocenters. The minimum Gasteiger partial charge on any atom is -0.344 e. The number of hydrogen-bond donors (Lipinski definition) is 1. The summed E-state index contributed by atoms with van der Waals surface area (Å²) >= 11 is 1.43. The van der Waals surface area contributed by atoms with Crippen LogP contribution in [0.2, 0.25) is 0 Å². The summed E-state index contributed by atoms with van der Waals surface area (Å²) in [5.74, 6) is -4.66. The van der Waals surface area contributed by atoms with Crippen LogP contribution in [0, 0.1) is 24.5 Å². The van der Waals surface area contributed by atoms with Crippen molar-refractivity contribution in [1.29, 1.82) is 0 Å². The Hall–Kier alpha value is -2.35. The van der Waals surface area contributed by atoms with Crippen LogP contribution < -0.4 is 5.32 Å². The third-order valence-corrected chi connectivity index (χ3v) is 4.82. The Balaban J connectivity index is 1.88. The van der Waals surface area contributed by atoms with E-state index in [0.717, 1.165) is 11.1 Å². The maximum absolute atomic E-state index is 13.8. The van der Waals surface area contributed by atoms with Crippen molar-refractivity contribution in [3.8, 4) is 0 Å². The molecule has 1 aromatic heterocycles. The first-order valence-corrected chi connectivity index (χ1v) is 8.18. The van der Waals surface area contributed by atoms with Gasteiger partial charge in [-0.05, 0) is 19.1 Å². The molecule has 0 radical (unpaired) electrons. The molecule has 0 saturated carbocycles. The molecule has 1 N–H and O–H groups in total. The number of anilines is 1. The monoisotopic (exact) mass is 351 g/mol. The van der Waals surface area contributed by atoms with E-state index in [9.17, 15) is 18.4 Å². The number of carbonyl (C=O) groups is 2. The first-order valence-electron chi connectivity index (χ1n) is 7.30. The fourth-order valence-electron chi connectivity index (χ4n) is 2.82. The molecule has 0 aliphatic carbocycles. The fraction of sp³-hybridized carbons (Fsp3) is 0.312. The predicted molar refractivity (Wildman–Crippen MR) is 85.7 cm³/mol. The Morgan fingerprint density at radius 2 is 2.17 bits per heavy atom. The van der Waals surface area contributed by atoms with Gasteiger partial charge in [-0.3, -0.25) is 9.59 Å². The maximum Gasteiger partial charge on any atom is 0.237 e. The van der Waals surface area contributed by atoms with E-state index in [4.69, 9.17) is 0 Å². The third-order valence-electron chi connectivity index (χ3n) is 4.02. The normalized spacial score (nSPS) is 20.5. The Morgan fingerprint density at radius 1 is 1.42 bits per heavy atom. The molecule has 1 aliphatic rings. The summed E-state index contributed by atoms with van der Waals surface area (Å²) in [6.07, 6.45) is 0. The lowest BCUT2D eigenvalue weighted by atomic mass is 9.92. The van der Waals surface area contributed by atoms with Crippen LogP contribution in [0.25, 0.3) is 0 Å². The van der Waals surface area contributed by atoms with E-state index in [0.29, 0.717) is 12.2 Å². The van der Waals surface area contributed by atoms with Crippen molar-refractivity contribution in [2.45, 2.75) is 12.8 Å². The van der Waals surface area contributed by atoms with Crippen LogP contribution in [-0.4, -0.2) is 35.3 Å². The summed E-state index contributed by atoms with van der Waals surface area (Å²) in [7, 11) is 1.60. The molecule has 1 fully saturated rings. The molecular formula is C16H15F2N3O2S. The number of aryl methyl sites for hydroxylation is 1. The second-order valence-electron chi connectivity index (χ2n) is 5.68. The van der Waals surface area contributed by atoms with Crippen LogP contribution in [0.3, 0.4) is 0 Å². The van der Waals surface area contributed by atoms with E-state index >= 15 is 0 Å². The largest absolute Gasteiger partial charge is 0.344 e. The zero-order valence-corrected chi connectivity index (χ0v) is 13.9. The summed E-state index contributed by atoms with van der Waals surface area (Å²) in [5.41, 5.74) is 0.380. The molecule has 126 valence electrons. The van der Waals surface area contributed by atoms with Gasteiger partial charge in [-0.15, -0.1) is 11.3 Å². The van der Waals surface area contributed by atoms with Gasteiger partial charge in [0.1, 0.15) is 5.92 Å². The molecular weight excluding hydrogens is 336 g/mol. The lowest BCUT2D eigenvalue weighted by molar-refractivity contribution is -0.135. The van der Waals surface area contributed by atoms with Gasteiger partial charge in [0.2, 0.25) is 11.8 Å². The molecule has 5 nitrogen and oxygen atoms in total. The number of nitrogens with zero attached hydrogens (tertiary/aromatic N) is 2. The average Bonchev–Trinajstić information content (AvgIpc) is 3.08. The van der Waals surface area contributed by atoms with E-state index < -0.39 is 29.4 Å². The van der Waals surface area contributed by atoms with Gasteiger partial charge in [0.15, 0.2) is 11.6 Å². The van der Waals surface area contributed by atoms with Gasteiger partial charge in [-0.25, -0.2) is 13.8 Å². The lowest BCUT2D eigenvalue weighted by Crippen LogP contribution is -2.33. The van der Waals surface area contributed by atoms with E-state index in [1.54, 1.807) is 7.05 Å². The van der Waals surface area contributed by atoms with Crippen molar-refractivity contribution in [3.63, 3.8) is 0 Å². The van der Waals surface area contributed by atoms with Gasteiger partial charge in [0, 0.05) is 24.9 Å². The van der Waals surface area contributed by atoms with Crippen LogP contribution >= 0.6 is 11.3 Å². The second kappa shape index (κ2) is 6.27. The molecule has 24 heavy (non-hydrogen) atoms. The van der Waals surface area contributed by atoms with Crippen LogP contribution in [0.4, 0.5) is 14.5 Å². The van der Waals surface area contributed by atoms with E-state index in [1.807, 2.05) is 12.3 Å². The summed E-state index contributed by atoms with van der Waals surface area (Å²) in [5, 5.41) is 4.98. The highest BCUT2D eigenvalue weighted by Gasteiger charge is 2.45. The molecule has 8 heteroatoms. The number of rotatable bonds is 3. The minimum atomic E-state index is -1.15. The highest BCUT2D eigenvalue weighted by molar-refractivity contribution is 7.09. The zero-order chi connectivity index (χ0) is 17.4. The van der Waals surface area contributed by atoms with Gasteiger partial charge < -0.3 is 10.2 Å². The van der Waals surface area contributed by atoms with Crippen molar-refractivity contribution in [1.82, 2.24) is 9.88 Å². The first kappa shape index (κ1) is 16.5. The number of halogens is 2. The Morgan fingerprint density at radius 3 is 2.83 bits per heavy atom. The van der Waals surface area contributed by atoms with Crippen molar-refractivity contribution >= 4 is 28.8 Å². The average molecular weight is 351 g/mol. The summed E-state index contributed by atoms with van der Waals surface area (Å²) in [6, 6.07) is 3.50. The maximum atomic E-state index is 13.8. The van der Waals surface area contributed by atoms with Crippen molar-refractivity contribution in [2.24, 2.45) is 5.92 Å². The van der Waals surface area contributed by atoms with E-state index in [1.165, 1.54) is 28.4 Å². The molecule has 2 aromatic rings. The fourth-order valence-corrected chi connectivity index (χ4v) is 3.50. The number of carbonyl (C=O) groups excluding carboxylic acids is 2. The van der Waals surface area contributed by atoms with Crippen LogP contribution in [-0.2, 0) is 9.59 Å². The first-order chi connectivity index (χ1) is 11.4. The zero-order valence-electron chi connectivity index (χ0n) is 13.0. The van der Waals surface area contributed by atoms with Crippen LogP contribution in [0.15, 0.2) is 23.6 Å². The quantitative estimate of drug-likeness (QED) is 0.865.